The normalized spacial score (nSPS) is 16.4. The van der Waals surface area contributed by atoms with Crippen LogP contribution in [-0.4, -0.2) is 0 Å². The van der Waals surface area contributed by atoms with Gasteiger partial charge in [0.15, 0.2) is 0 Å². The molecule has 36 heavy (non-hydrogen) atoms. The molecule has 5 aromatic carbocycles. The van der Waals surface area contributed by atoms with Gasteiger partial charge in [-0.3, -0.25) is 0 Å². The zero-order chi connectivity index (χ0) is 24.2. The summed E-state index contributed by atoms with van der Waals surface area (Å²) >= 11 is 0. The van der Waals surface area contributed by atoms with Gasteiger partial charge in [0.2, 0.25) is 0 Å². The van der Waals surface area contributed by atoms with E-state index in [-0.39, 0.29) is 5.41 Å². The van der Waals surface area contributed by atoms with E-state index < -0.39 is 0 Å². The van der Waals surface area contributed by atoms with Gasteiger partial charge in [-0.2, -0.15) is 0 Å². The Morgan fingerprint density at radius 1 is 0.556 bits per heavy atom. The van der Waals surface area contributed by atoms with Gasteiger partial charge >= 0.3 is 0 Å². The van der Waals surface area contributed by atoms with E-state index in [1.807, 2.05) is 0 Å². The molecule has 1 aliphatic carbocycles. The molecule has 6 rings (SSSR count). The maximum Gasteiger partial charge on any atom is 0.0789 e. The van der Waals surface area contributed by atoms with Gasteiger partial charge in [0.1, 0.15) is 0 Å². The fraction of sp³-hybridized carbons (Fsp3) is 0.0556. The zero-order valence-corrected chi connectivity index (χ0v) is 20.1. The van der Waals surface area contributed by atoms with E-state index in [0.717, 1.165) is 12.0 Å². The van der Waals surface area contributed by atoms with Gasteiger partial charge in [0.05, 0.1) is 5.41 Å². The van der Waals surface area contributed by atoms with E-state index in [0.29, 0.717) is 0 Å². The van der Waals surface area contributed by atoms with Crippen LogP contribution >= 0.6 is 0 Å². The van der Waals surface area contributed by atoms with Crippen molar-refractivity contribution in [2.75, 3.05) is 0 Å². The number of hydrogen-bond donors (Lipinski definition) is 0. The smallest absolute Gasteiger partial charge is 0.0789 e. The van der Waals surface area contributed by atoms with Gasteiger partial charge in [0.25, 0.3) is 0 Å². The summed E-state index contributed by atoms with van der Waals surface area (Å²) in [5.41, 5.74) is 6.79. The molecule has 0 aromatic heterocycles. The van der Waals surface area contributed by atoms with E-state index in [9.17, 15) is 0 Å². The first-order valence-corrected chi connectivity index (χ1v) is 12.4. The van der Waals surface area contributed by atoms with Crippen LogP contribution in [0.5, 0.6) is 0 Å². The summed E-state index contributed by atoms with van der Waals surface area (Å²) in [6.45, 7) is 0. The third kappa shape index (κ3) is 4.28. The summed E-state index contributed by atoms with van der Waals surface area (Å²) in [4.78, 5) is 0. The molecule has 0 radical (unpaired) electrons. The predicted molar refractivity (Wildman–Crippen MR) is 153 cm³/mol. The summed E-state index contributed by atoms with van der Waals surface area (Å²) in [7, 11) is 0. The highest BCUT2D eigenvalue weighted by atomic mass is 14.3. The molecule has 0 bridgehead atoms. The van der Waals surface area contributed by atoms with Crippen LogP contribution < -0.4 is 0 Å². The number of rotatable bonds is 3. The van der Waals surface area contributed by atoms with Crippen molar-refractivity contribution >= 4 is 10.8 Å². The Labute approximate surface area is 213 Å². The molecule has 0 N–H and O–H groups in total. The van der Waals surface area contributed by atoms with Crippen molar-refractivity contribution < 1.29 is 0 Å². The molecule has 0 saturated carbocycles. The summed E-state index contributed by atoms with van der Waals surface area (Å²) in [5.74, 6) is 7.18. The molecule has 1 unspecified atom stereocenters. The van der Waals surface area contributed by atoms with Crippen LogP contribution in [0.2, 0.25) is 0 Å². The lowest BCUT2D eigenvalue weighted by molar-refractivity contribution is 0.703. The second-order valence-corrected chi connectivity index (χ2v) is 9.26. The molecule has 0 nitrogen and oxygen atoms in total. The highest BCUT2D eigenvalue weighted by Gasteiger charge is 2.30. The maximum absolute atomic E-state index is 3.67. The van der Waals surface area contributed by atoms with Crippen molar-refractivity contribution in [2.45, 2.75) is 11.8 Å². The van der Waals surface area contributed by atoms with Gasteiger partial charge in [-0.25, -0.2) is 0 Å². The lowest BCUT2D eigenvalue weighted by Crippen LogP contribution is -2.23. The Morgan fingerprint density at radius 2 is 1.28 bits per heavy atom. The van der Waals surface area contributed by atoms with Crippen molar-refractivity contribution in [3.05, 3.63) is 157 Å². The topological polar surface area (TPSA) is 0 Å². The van der Waals surface area contributed by atoms with Crippen LogP contribution in [0.4, 0.5) is 0 Å². The zero-order valence-electron chi connectivity index (χ0n) is 20.1. The van der Waals surface area contributed by atoms with E-state index in [1.165, 1.54) is 38.6 Å². The molecule has 0 spiro atoms. The quantitative estimate of drug-likeness (QED) is 0.237. The molecule has 0 aliphatic heterocycles. The van der Waals surface area contributed by atoms with Crippen molar-refractivity contribution in [1.29, 1.82) is 0 Å². The molecule has 1 atom stereocenters. The van der Waals surface area contributed by atoms with Crippen LogP contribution in [0.1, 0.15) is 17.5 Å². The molecule has 170 valence electrons. The molecule has 0 heterocycles. The van der Waals surface area contributed by atoms with Crippen LogP contribution in [-0.2, 0) is 5.41 Å². The van der Waals surface area contributed by atoms with Crippen LogP contribution in [0.25, 0.3) is 33.0 Å². The monoisotopic (exact) mass is 458 g/mol. The Kier molecular flexibility index (Phi) is 5.82. The lowest BCUT2D eigenvalue weighted by Gasteiger charge is -2.29. The minimum Gasteiger partial charge on any atom is -0.0824 e. The standard InChI is InChI=1S/C36H26/c1-3-12-31(13-4-1)34-15-7-8-16-35(34)36(24-9-2-10-25-36)26-23-28-17-19-30(20-18-28)33-22-21-29-11-5-6-14-32(29)27-33/h1-22,24,27H,25H2. The third-order valence-corrected chi connectivity index (χ3v) is 6.96. The molecular formula is C36H26. The second kappa shape index (κ2) is 9.57. The van der Waals surface area contributed by atoms with Crippen molar-refractivity contribution in [3.63, 3.8) is 0 Å². The Bertz CT molecular complexity index is 1640. The molecule has 1 aliphatic rings. The Morgan fingerprint density at radius 3 is 2.08 bits per heavy atom. The van der Waals surface area contributed by atoms with Crippen LogP contribution in [0.3, 0.4) is 0 Å². The molecule has 0 fully saturated rings. The summed E-state index contributed by atoms with van der Waals surface area (Å²) < 4.78 is 0. The minimum atomic E-state index is -0.363. The molecule has 0 heteroatoms. The highest BCUT2D eigenvalue weighted by Crippen LogP contribution is 2.38. The van der Waals surface area contributed by atoms with Gasteiger partial charge in [-0.1, -0.05) is 139 Å². The number of allylic oxidation sites excluding steroid dienone is 4. The van der Waals surface area contributed by atoms with Crippen molar-refractivity contribution in [2.24, 2.45) is 0 Å². The first kappa shape index (κ1) is 21.9. The molecule has 5 aromatic rings. The minimum absolute atomic E-state index is 0.363. The maximum atomic E-state index is 3.67. The first-order chi connectivity index (χ1) is 17.8. The second-order valence-electron chi connectivity index (χ2n) is 9.26. The molecule has 0 saturated heterocycles. The van der Waals surface area contributed by atoms with E-state index >= 15 is 0 Å². The van der Waals surface area contributed by atoms with Crippen molar-refractivity contribution in [1.82, 2.24) is 0 Å². The first-order valence-electron chi connectivity index (χ1n) is 12.4. The third-order valence-electron chi connectivity index (χ3n) is 6.96. The fourth-order valence-corrected chi connectivity index (χ4v) is 5.02. The Balaban J connectivity index is 1.36. The van der Waals surface area contributed by atoms with Gasteiger partial charge in [-0.05, 0) is 63.2 Å². The van der Waals surface area contributed by atoms with Crippen LogP contribution in [0.15, 0.2) is 146 Å². The summed E-state index contributed by atoms with van der Waals surface area (Å²) in [5, 5.41) is 2.52. The number of fused-ring (bicyclic) bond motifs is 1. The largest absolute Gasteiger partial charge is 0.0824 e. The van der Waals surface area contributed by atoms with E-state index in [2.05, 4.69) is 157 Å². The lowest BCUT2D eigenvalue weighted by atomic mass is 9.73. The average molecular weight is 459 g/mol. The fourth-order valence-electron chi connectivity index (χ4n) is 5.02. The molecule has 0 amide bonds. The molecular weight excluding hydrogens is 432 g/mol. The van der Waals surface area contributed by atoms with Gasteiger partial charge in [0, 0.05) is 5.56 Å². The highest BCUT2D eigenvalue weighted by molar-refractivity contribution is 5.87. The van der Waals surface area contributed by atoms with Gasteiger partial charge in [-0.15, -0.1) is 0 Å². The Hall–Kier alpha value is -4.60. The summed E-state index contributed by atoms with van der Waals surface area (Å²) in [6.07, 6.45) is 9.58. The van der Waals surface area contributed by atoms with Gasteiger partial charge < -0.3 is 0 Å². The predicted octanol–water partition coefficient (Wildman–Crippen LogP) is 8.98. The average Bonchev–Trinajstić information content (AvgIpc) is 2.97. The van der Waals surface area contributed by atoms with Crippen molar-refractivity contribution in [3.8, 4) is 34.1 Å². The van der Waals surface area contributed by atoms with Crippen LogP contribution in [0, 0.1) is 11.8 Å². The summed E-state index contributed by atoms with van der Waals surface area (Å²) in [6, 6.07) is 43.0. The number of hydrogen-bond acceptors (Lipinski definition) is 0. The van der Waals surface area contributed by atoms with E-state index in [4.69, 9.17) is 0 Å². The van der Waals surface area contributed by atoms with E-state index in [1.54, 1.807) is 0 Å². The SMILES string of the molecule is C(#CC1(c2ccccc2-c2ccccc2)C=CC=CC1)c1ccc(-c2ccc3ccccc3c2)cc1. The number of benzene rings is 5.